The lowest BCUT2D eigenvalue weighted by molar-refractivity contribution is -0.134. The third kappa shape index (κ3) is 4.85. The molecule has 3 aromatic rings. The number of aromatic nitrogens is 2. The van der Waals surface area contributed by atoms with Gasteiger partial charge in [-0.1, -0.05) is 45.0 Å². The van der Waals surface area contributed by atoms with E-state index in [2.05, 4.69) is 13.8 Å². The highest BCUT2D eigenvalue weighted by Gasteiger charge is 2.27. The number of hydrogen-bond donors (Lipinski definition) is 0. The minimum Gasteiger partial charge on any atom is -0.492 e. The number of carbonyl (C=O) groups is 1. The molecular weight excluding hydrogens is 402 g/mol. The van der Waals surface area contributed by atoms with Gasteiger partial charge in [-0.3, -0.25) is 14.2 Å². The van der Waals surface area contributed by atoms with Crippen LogP contribution in [0.5, 0.6) is 5.75 Å². The second kappa shape index (κ2) is 10.4. The van der Waals surface area contributed by atoms with Gasteiger partial charge in [-0.25, -0.2) is 4.98 Å². The van der Waals surface area contributed by atoms with Crippen LogP contribution in [0.2, 0.25) is 0 Å². The van der Waals surface area contributed by atoms with Gasteiger partial charge in [-0.15, -0.1) is 0 Å². The van der Waals surface area contributed by atoms with Gasteiger partial charge in [0, 0.05) is 13.0 Å². The molecule has 0 spiro atoms. The molecule has 32 heavy (non-hydrogen) atoms. The fraction of sp³-hybridized carbons (Fsp3) is 0.423. The standard InChI is InChI=1S/C26H33N3O3/c1-6-12-24(30)28(17-18(3)4)19(5)25-27-21-14-9-8-13-20(21)26(31)29(25)22-15-10-11-16-23(22)32-7-2/h8-11,13-16,18-19H,6-7,12,17H2,1-5H3. The maximum Gasteiger partial charge on any atom is 0.266 e. The van der Waals surface area contributed by atoms with Crippen molar-refractivity contribution < 1.29 is 9.53 Å². The van der Waals surface area contributed by atoms with Crippen molar-refractivity contribution in [2.24, 2.45) is 5.92 Å². The topological polar surface area (TPSA) is 64.4 Å². The number of hydrogen-bond acceptors (Lipinski definition) is 4. The van der Waals surface area contributed by atoms with Crippen LogP contribution in [0.25, 0.3) is 16.6 Å². The van der Waals surface area contributed by atoms with Gasteiger partial charge in [-0.2, -0.15) is 0 Å². The van der Waals surface area contributed by atoms with E-state index < -0.39 is 0 Å². The van der Waals surface area contributed by atoms with Gasteiger partial charge >= 0.3 is 0 Å². The zero-order valence-corrected chi connectivity index (χ0v) is 19.7. The Morgan fingerprint density at radius 1 is 1.06 bits per heavy atom. The van der Waals surface area contributed by atoms with Crippen molar-refractivity contribution in [3.8, 4) is 11.4 Å². The summed E-state index contributed by atoms with van der Waals surface area (Å²) in [7, 11) is 0. The van der Waals surface area contributed by atoms with Crippen molar-refractivity contribution >= 4 is 16.8 Å². The summed E-state index contributed by atoms with van der Waals surface area (Å²) in [6.45, 7) is 11.1. The van der Waals surface area contributed by atoms with Crippen LogP contribution in [-0.4, -0.2) is 33.5 Å². The summed E-state index contributed by atoms with van der Waals surface area (Å²) < 4.78 is 7.45. The fourth-order valence-electron chi connectivity index (χ4n) is 3.95. The first-order valence-corrected chi connectivity index (χ1v) is 11.4. The number of nitrogens with zero attached hydrogens (tertiary/aromatic N) is 3. The largest absolute Gasteiger partial charge is 0.492 e. The number of ether oxygens (including phenoxy) is 1. The highest BCUT2D eigenvalue weighted by Crippen LogP contribution is 2.28. The van der Waals surface area contributed by atoms with Crippen LogP contribution in [0.3, 0.4) is 0 Å². The molecule has 0 saturated heterocycles. The zero-order valence-electron chi connectivity index (χ0n) is 19.7. The first-order valence-electron chi connectivity index (χ1n) is 11.4. The van der Waals surface area contributed by atoms with Crippen LogP contribution in [0.1, 0.15) is 59.3 Å². The Kier molecular flexibility index (Phi) is 7.67. The summed E-state index contributed by atoms with van der Waals surface area (Å²) >= 11 is 0. The van der Waals surface area contributed by atoms with Crippen molar-refractivity contribution in [2.75, 3.05) is 13.2 Å². The molecule has 0 saturated carbocycles. The quantitative estimate of drug-likeness (QED) is 0.467. The van der Waals surface area contributed by atoms with Gasteiger partial charge in [0.15, 0.2) is 0 Å². The molecule has 0 aliphatic carbocycles. The monoisotopic (exact) mass is 435 g/mol. The molecule has 1 aromatic heterocycles. The molecule has 0 aliphatic heterocycles. The van der Waals surface area contributed by atoms with Crippen molar-refractivity contribution in [3.63, 3.8) is 0 Å². The Bertz CT molecular complexity index is 1140. The molecule has 1 amide bonds. The van der Waals surface area contributed by atoms with E-state index in [0.29, 0.717) is 47.7 Å². The van der Waals surface area contributed by atoms with E-state index in [4.69, 9.17) is 9.72 Å². The van der Waals surface area contributed by atoms with Crippen LogP contribution < -0.4 is 10.3 Å². The molecule has 0 bridgehead atoms. The van der Waals surface area contributed by atoms with Crippen molar-refractivity contribution in [2.45, 2.75) is 53.5 Å². The van der Waals surface area contributed by atoms with Gasteiger partial charge in [-0.05, 0) is 50.5 Å². The zero-order chi connectivity index (χ0) is 23.3. The average molecular weight is 436 g/mol. The SMILES string of the molecule is CCCC(=O)N(CC(C)C)C(C)c1nc2ccccc2c(=O)n1-c1ccccc1OCC. The predicted molar refractivity (Wildman–Crippen MR) is 128 cm³/mol. The van der Waals surface area contributed by atoms with E-state index in [1.807, 2.05) is 68.1 Å². The lowest BCUT2D eigenvalue weighted by Crippen LogP contribution is -2.39. The minimum absolute atomic E-state index is 0.0701. The summed E-state index contributed by atoms with van der Waals surface area (Å²) in [6, 6.07) is 14.4. The first kappa shape index (κ1) is 23.5. The van der Waals surface area contributed by atoms with E-state index >= 15 is 0 Å². The Hall–Kier alpha value is -3.15. The van der Waals surface area contributed by atoms with Crippen molar-refractivity contribution in [1.29, 1.82) is 0 Å². The number of fused-ring (bicyclic) bond motifs is 1. The summed E-state index contributed by atoms with van der Waals surface area (Å²) in [5.41, 5.74) is 1.08. The Labute approximate surface area is 189 Å². The molecule has 1 unspecified atom stereocenters. The second-order valence-corrected chi connectivity index (χ2v) is 8.39. The Morgan fingerprint density at radius 2 is 1.75 bits per heavy atom. The molecule has 0 radical (unpaired) electrons. The third-order valence-corrected chi connectivity index (χ3v) is 5.39. The predicted octanol–water partition coefficient (Wildman–Crippen LogP) is 5.13. The van der Waals surface area contributed by atoms with Crippen LogP contribution in [-0.2, 0) is 4.79 Å². The van der Waals surface area contributed by atoms with Gasteiger partial charge in [0.25, 0.3) is 5.56 Å². The van der Waals surface area contributed by atoms with Crippen molar-refractivity contribution in [1.82, 2.24) is 14.5 Å². The lowest BCUT2D eigenvalue weighted by Gasteiger charge is -2.32. The van der Waals surface area contributed by atoms with Gasteiger partial charge in [0.2, 0.25) is 5.91 Å². The highest BCUT2D eigenvalue weighted by molar-refractivity contribution is 5.79. The number of benzene rings is 2. The first-order chi connectivity index (χ1) is 15.4. The number of rotatable bonds is 9. The molecular formula is C26H33N3O3. The molecule has 170 valence electrons. The lowest BCUT2D eigenvalue weighted by atomic mass is 10.1. The number of para-hydroxylation sites is 3. The van der Waals surface area contributed by atoms with E-state index in [0.717, 1.165) is 6.42 Å². The second-order valence-electron chi connectivity index (χ2n) is 8.39. The maximum atomic E-state index is 13.7. The smallest absolute Gasteiger partial charge is 0.266 e. The normalized spacial score (nSPS) is 12.2. The molecule has 0 N–H and O–H groups in total. The fourth-order valence-corrected chi connectivity index (χ4v) is 3.95. The molecule has 6 nitrogen and oxygen atoms in total. The maximum absolute atomic E-state index is 13.7. The van der Waals surface area contributed by atoms with Gasteiger partial charge < -0.3 is 9.64 Å². The highest BCUT2D eigenvalue weighted by atomic mass is 16.5. The molecule has 3 rings (SSSR count). The van der Waals surface area contributed by atoms with Crippen LogP contribution in [0.15, 0.2) is 53.3 Å². The van der Waals surface area contributed by atoms with E-state index in [-0.39, 0.29) is 23.4 Å². The Morgan fingerprint density at radius 3 is 2.44 bits per heavy atom. The molecule has 2 aromatic carbocycles. The summed E-state index contributed by atoms with van der Waals surface area (Å²) in [5.74, 6) is 1.50. The molecule has 1 heterocycles. The number of amides is 1. The third-order valence-electron chi connectivity index (χ3n) is 5.39. The summed E-state index contributed by atoms with van der Waals surface area (Å²) in [5, 5.41) is 0.532. The minimum atomic E-state index is -0.386. The molecule has 1 atom stereocenters. The molecule has 6 heteroatoms. The van der Waals surface area contributed by atoms with Crippen molar-refractivity contribution in [3.05, 3.63) is 64.7 Å². The number of carbonyl (C=O) groups excluding carboxylic acids is 1. The van der Waals surface area contributed by atoms with E-state index in [1.165, 1.54) is 0 Å². The molecule has 0 aliphatic rings. The van der Waals surface area contributed by atoms with E-state index in [9.17, 15) is 9.59 Å². The van der Waals surface area contributed by atoms with Gasteiger partial charge in [0.05, 0.1) is 29.2 Å². The summed E-state index contributed by atoms with van der Waals surface area (Å²) in [4.78, 5) is 33.5. The average Bonchev–Trinajstić information content (AvgIpc) is 2.78. The van der Waals surface area contributed by atoms with Crippen LogP contribution in [0, 0.1) is 5.92 Å². The van der Waals surface area contributed by atoms with Crippen LogP contribution in [0.4, 0.5) is 0 Å². The van der Waals surface area contributed by atoms with E-state index in [1.54, 1.807) is 10.6 Å². The van der Waals surface area contributed by atoms with Crippen LogP contribution >= 0.6 is 0 Å². The Balaban J connectivity index is 2.29. The summed E-state index contributed by atoms with van der Waals surface area (Å²) in [6.07, 6.45) is 1.23. The van der Waals surface area contributed by atoms with Gasteiger partial charge in [0.1, 0.15) is 11.6 Å². The molecule has 0 fully saturated rings.